The summed E-state index contributed by atoms with van der Waals surface area (Å²) < 4.78 is 0. The number of aromatic hydroxyl groups is 1. The fourth-order valence-electron chi connectivity index (χ4n) is 2.50. The third-order valence-electron chi connectivity index (χ3n) is 3.64. The molecule has 1 aliphatic rings. The molecule has 6 heteroatoms. The Morgan fingerprint density at radius 1 is 1.45 bits per heavy atom. The number of phenols is 1. The van der Waals surface area contributed by atoms with Crippen molar-refractivity contribution in [1.82, 2.24) is 10.2 Å². The average Bonchev–Trinajstić information content (AvgIpc) is 2.82. The van der Waals surface area contributed by atoms with Gasteiger partial charge in [0, 0.05) is 32.1 Å². The van der Waals surface area contributed by atoms with E-state index in [9.17, 15) is 9.90 Å². The van der Waals surface area contributed by atoms with E-state index in [1.165, 1.54) is 0 Å². The van der Waals surface area contributed by atoms with Gasteiger partial charge in [0.05, 0.1) is 10.0 Å². The first-order chi connectivity index (χ1) is 9.40. The maximum absolute atomic E-state index is 11.7. The fraction of sp³-hybridized carbons (Fsp3) is 0.500. The molecule has 0 saturated carbocycles. The Bertz CT molecular complexity index is 520. The molecule has 1 saturated heterocycles. The van der Waals surface area contributed by atoms with Gasteiger partial charge in [-0.3, -0.25) is 4.79 Å². The highest BCUT2D eigenvalue weighted by Crippen LogP contribution is 2.41. The van der Waals surface area contributed by atoms with Crippen molar-refractivity contribution in [2.45, 2.75) is 18.9 Å². The average molecular weight is 317 g/mol. The molecule has 110 valence electrons. The SMILES string of the molecule is CN(C)C(=O)C[C@H]1CNC(c2c(O)ccc(Cl)c2Cl)C1. The second kappa shape index (κ2) is 6.20. The lowest BCUT2D eigenvalue weighted by atomic mass is 9.96. The zero-order valence-corrected chi connectivity index (χ0v) is 13.0. The summed E-state index contributed by atoms with van der Waals surface area (Å²) in [5, 5.41) is 14.1. The van der Waals surface area contributed by atoms with Gasteiger partial charge in [-0.1, -0.05) is 23.2 Å². The molecule has 2 rings (SSSR count). The number of nitrogens with one attached hydrogen (secondary N) is 1. The van der Waals surface area contributed by atoms with Gasteiger partial charge in [-0.2, -0.15) is 0 Å². The number of carbonyl (C=O) groups excluding carboxylic acids is 1. The molecule has 0 radical (unpaired) electrons. The molecule has 4 nitrogen and oxygen atoms in total. The van der Waals surface area contributed by atoms with Crippen LogP contribution in [-0.4, -0.2) is 36.6 Å². The van der Waals surface area contributed by atoms with Crippen LogP contribution < -0.4 is 5.32 Å². The first-order valence-electron chi connectivity index (χ1n) is 6.50. The van der Waals surface area contributed by atoms with Crippen molar-refractivity contribution < 1.29 is 9.90 Å². The number of phenolic OH excluding ortho intramolecular Hbond substituents is 1. The van der Waals surface area contributed by atoms with Crippen molar-refractivity contribution in [2.75, 3.05) is 20.6 Å². The van der Waals surface area contributed by atoms with E-state index >= 15 is 0 Å². The molecule has 1 fully saturated rings. The molecule has 1 aromatic carbocycles. The Labute approximate surface area is 128 Å². The molecule has 1 aromatic rings. The molecule has 1 aliphatic heterocycles. The summed E-state index contributed by atoms with van der Waals surface area (Å²) in [4.78, 5) is 13.3. The lowest BCUT2D eigenvalue weighted by Gasteiger charge is -2.16. The van der Waals surface area contributed by atoms with Gasteiger partial charge in [0.2, 0.25) is 5.91 Å². The summed E-state index contributed by atoms with van der Waals surface area (Å²) in [5.74, 6) is 0.486. The Hall–Kier alpha value is -0.970. The van der Waals surface area contributed by atoms with Gasteiger partial charge in [-0.25, -0.2) is 0 Å². The number of hydrogen-bond donors (Lipinski definition) is 2. The minimum atomic E-state index is -0.0684. The Kier molecular flexibility index (Phi) is 4.78. The predicted molar refractivity (Wildman–Crippen MR) is 80.3 cm³/mol. The summed E-state index contributed by atoms with van der Waals surface area (Å²) in [7, 11) is 3.50. The van der Waals surface area contributed by atoms with E-state index in [0.717, 1.165) is 13.0 Å². The van der Waals surface area contributed by atoms with Gasteiger partial charge < -0.3 is 15.3 Å². The van der Waals surface area contributed by atoms with Crippen LogP contribution in [0.2, 0.25) is 10.0 Å². The van der Waals surface area contributed by atoms with E-state index in [0.29, 0.717) is 22.0 Å². The maximum Gasteiger partial charge on any atom is 0.222 e. The Balaban J connectivity index is 2.10. The van der Waals surface area contributed by atoms with Gasteiger partial charge in [0.1, 0.15) is 5.75 Å². The van der Waals surface area contributed by atoms with Crippen molar-refractivity contribution in [1.29, 1.82) is 0 Å². The number of rotatable bonds is 3. The van der Waals surface area contributed by atoms with Gasteiger partial charge in [-0.15, -0.1) is 0 Å². The van der Waals surface area contributed by atoms with Crippen LogP contribution in [0, 0.1) is 5.92 Å². The molecule has 2 atom stereocenters. The zero-order chi connectivity index (χ0) is 14.9. The highest BCUT2D eigenvalue weighted by Gasteiger charge is 2.30. The van der Waals surface area contributed by atoms with Crippen LogP contribution in [0.25, 0.3) is 0 Å². The molecule has 1 unspecified atom stereocenters. The molecule has 20 heavy (non-hydrogen) atoms. The summed E-state index contributed by atoms with van der Waals surface area (Å²) >= 11 is 12.2. The molecule has 1 amide bonds. The molecule has 0 aromatic heterocycles. The normalized spacial score (nSPS) is 22.0. The van der Waals surface area contributed by atoms with Crippen LogP contribution in [0.4, 0.5) is 0 Å². The largest absolute Gasteiger partial charge is 0.508 e. The number of hydrogen-bond acceptors (Lipinski definition) is 3. The van der Waals surface area contributed by atoms with E-state index in [4.69, 9.17) is 23.2 Å². The molecule has 0 spiro atoms. The zero-order valence-electron chi connectivity index (χ0n) is 11.5. The summed E-state index contributed by atoms with van der Waals surface area (Å²) in [5.41, 5.74) is 0.624. The van der Waals surface area contributed by atoms with Crippen LogP contribution in [0.1, 0.15) is 24.4 Å². The second-order valence-electron chi connectivity index (χ2n) is 5.35. The van der Waals surface area contributed by atoms with Crippen LogP contribution in [0.15, 0.2) is 12.1 Å². The smallest absolute Gasteiger partial charge is 0.222 e. The lowest BCUT2D eigenvalue weighted by Crippen LogP contribution is -2.24. The topological polar surface area (TPSA) is 52.6 Å². The molecular weight excluding hydrogens is 299 g/mol. The predicted octanol–water partition coefficient (Wildman–Crippen LogP) is 2.83. The van der Waals surface area contributed by atoms with Crippen molar-refractivity contribution >= 4 is 29.1 Å². The molecular formula is C14H18Cl2N2O2. The van der Waals surface area contributed by atoms with E-state index in [-0.39, 0.29) is 23.6 Å². The van der Waals surface area contributed by atoms with E-state index in [1.54, 1.807) is 31.1 Å². The molecule has 0 aliphatic carbocycles. The summed E-state index contributed by atoms with van der Waals surface area (Å²) in [6.07, 6.45) is 1.25. The second-order valence-corrected chi connectivity index (χ2v) is 6.13. The van der Waals surface area contributed by atoms with Crippen LogP contribution in [0.5, 0.6) is 5.75 Å². The third-order valence-corrected chi connectivity index (χ3v) is 4.46. The van der Waals surface area contributed by atoms with Crippen molar-refractivity contribution in [3.63, 3.8) is 0 Å². The third kappa shape index (κ3) is 3.19. The highest BCUT2D eigenvalue weighted by molar-refractivity contribution is 6.42. The van der Waals surface area contributed by atoms with Crippen LogP contribution >= 0.6 is 23.2 Å². The summed E-state index contributed by atoms with van der Waals surface area (Å²) in [6.45, 7) is 0.729. The number of halogens is 2. The minimum Gasteiger partial charge on any atom is -0.508 e. The molecule has 1 heterocycles. The van der Waals surface area contributed by atoms with Gasteiger partial charge >= 0.3 is 0 Å². The quantitative estimate of drug-likeness (QED) is 0.901. The van der Waals surface area contributed by atoms with Gasteiger partial charge in [0.25, 0.3) is 0 Å². The van der Waals surface area contributed by atoms with Gasteiger partial charge in [0.15, 0.2) is 0 Å². The highest BCUT2D eigenvalue weighted by atomic mass is 35.5. The first-order valence-corrected chi connectivity index (χ1v) is 7.26. The standard InChI is InChI=1S/C14H18Cl2N2O2/c1-18(2)12(20)6-8-5-10(17-7-8)13-11(19)4-3-9(15)14(13)16/h3-4,8,10,17,19H,5-7H2,1-2H3/t8-,10?/m0/s1. The van der Waals surface area contributed by atoms with Crippen molar-refractivity contribution in [3.8, 4) is 5.75 Å². The van der Waals surface area contributed by atoms with Gasteiger partial charge in [-0.05, 0) is 31.0 Å². The summed E-state index contributed by atoms with van der Waals surface area (Å²) in [6, 6.07) is 3.05. The fourth-order valence-corrected chi connectivity index (χ4v) is 2.96. The van der Waals surface area contributed by atoms with E-state index < -0.39 is 0 Å². The van der Waals surface area contributed by atoms with E-state index in [1.807, 2.05) is 0 Å². The maximum atomic E-state index is 11.7. The Morgan fingerprint density at radius 3 is 2.80 bits per heavy atom. The van der Waals surface area contributed by atoms with Crippen molar-refractivity contribution in [2.24, 2.45) is 5.92 Å². The number of nitrogens with zero attached hydrogens (tertiary/aromatic N) is 1. The monoisotopic (exact) mass is 316 g/mol. The van der Waals surface area contributed by atoms with E-state index in [2.05, 4.69) is 5.32 Å². The van der Waals surface area contributed by atoms with Crippen LogP contribution in [-0.2, 0) is 4.79 Å². The Morgan fingerprint density at radius 2 is 2.15 bits per heavy atom. The number of benzene rings is 1. The molecule has 0 bridgehead atoms. The first kappa shape index (κ1) is 15.4. The number of carbonyl (C=O) groups is 1. The lowest BCUT2D eigenvalue weighted by molar-refractivity contribution is -0.129. The molecule has 2 N–H and O–H groups in total. The van der Waals surface area contributed by atoms with Crippen LogP contribution in [0.3, 0.4) is 0 Å². The number of amides is 1. The van der Waals surface area contributed by atoms with Crippen molar-refractivity contribution in [3.05, 3.63) is 27.7 Å². The minimum absolute atomic E-state index is 0.0684.